The highest BCUT2D eigenvalue weighted by Gasteiger charge is 2.33. The number of aryl methyl sites for hydroxylation is 1. The number of amides is 1. The second kappa shape index (κ2) is 5.61. The van der Waals surface area contributed by atoms with Crippen LogP contribution >= 0.6 is 11.8 Å². The van der Waals surface area contributed by atoms with Crippen LogP contribution in [0.3, 0.4) is 0 Å². The molecule has 19 heavy (non-hydrogen) atoms. The molecule has 1 aromatic carbocycles. The first-order chi connectivity index (χ1) is 9.00. The van der Waals surface area contributed by atoms with Crippen molar-refractivity contribution in [2.75, 3.05) is 18.1 Å². The number of benzene rings is 1. The summed E-state index contributed by atoms with van der Waals surface area (Å²) >= 11 is 1.49. The Bertz CT molecular complexity index is 521. The fraction of sp³-hybridized carbons (Fsp3) is 0.385. The lowest BCUT2D eigenvalue weighted by atomic mass is 10.1. The summed E-state index contributed by atoms with van der Waals surface area (Å²) in [6.07, 6.45) is 0. The van der Waals surface area contributed by atoms with Crippen molar-refractivity contribution in [1.29, 1.82) is 0 Å². The number of carboxylic acids is 1. The van der Waals surface area contributed by atoms with Crippen LogP contribution in [0.5, 0.6) is 0 Å². The Morgan fingerprint density at radius 3 is 2.84 bits per heavy atom. The van der Waals surface area contributed by atoms with Crippen molar-refractivity contribution in [3.63, 3.8) is 0 Å². The first-order valence-electron chi connectivity index (χ1n) is 5.88. The Hall–Kier alpha value is -1.56. The second-order valence-corrected chi connectivity index (χ2v) is 5.56. The number of nitrogens with zero attached hydrogens (tertiary/aromatic N) is 1. The predicted molar refractivity (Wildman–Crippen MR) is 70.9 cm³/mol. The molecule has 1 amide bonds. The maximum Gasteiger partial charge on any atom is 0.327 e. The molecule has 0 aromatic heterocycles. The van der Waals surface area contributed by atoms with E-state index >= 15 is 0 Å². The molecule has 0 aliphatic carbocycles. The fourth-order valence-corrected chi connectivity index (χ4v) is 3.04. The third kappa shape index (κ3) is 2.89. The minimum absolute atomic E-state index is 0.0660. The van der Waals surface area contributed by atoms with E-state index in [2.05, 4.69) is 0 Å². The van der Waals surface area contributed by atoms with E-state index in [0.29, 0.717) is 18.1 Å². The van der Waals surface area contributed by atoms with Crippen LogP contribution in [0.15, 0.2) is 18.2 Å². The molecule has 6 heteroatoms. The molecule has 0 saturated carbocycles. The van der Waals surface area contributed by atoms with Gasteiger partial charge in [0.1, 0.15) is 11.9 Å². The predicted octanol–water partition coefficient (Wildman–Crippen LogP) is 1.78. The van der Waals surface area contributed by atoms with E-state index < -0.39 is 23.7 Å². The molecule has 1 aliphatic heterocycles. The maximum atomic E-state index is 13.8. The summed E-state index contributed by atoms with van der Waals surface area (Å²) in [7, 11) is 0. The van der Waals surface area contributed by atoms with Crippen LogP contribution < -0.4 is 0 Å². The first kappa shape index (κ1) is 13.9. The van der Waals surface area contributed by atoms with E-state index in [4.69, 9.17) is 5.11 Å². The smallest absolute Gasteiger partial charge is 0.327 e. The van der Waals surface area contributed by atoms with Crippen LogP contribution in [0.25, 0.3) is 0 Å². The van der Waals surface area contributed by atoms with Gasteiger partial charge in [-0.1, -0.05) is 6.07 Å². The Morgan fingerprint density at radius 1 is 1.47 bits per heavy atom. The summed E-state index contributed by atoms with van der Waals surface area (Å²) in [5.74, 6) is -1.19. The van der Waals surface area contributed by atoms with Crippen LogP contribution in [-0.4, -0.2) is 46.0 Å². The molecule has 1 N–H and O–H groups in total. The van der Waals surface area contributed by atoms with Crippen LogP contribution in [0.4, 0.5) is 4.39 Å². The lowest BCUT2D eigenvalue weighted by Crippen LogP contribution is -2.50. The van der Waals surface area contributed by atoms with E-state index in [1.807, 2.05) is 0 Å². The van der Waals surface area contributed by atoms with Gasteiger partial charge in [-0.05, 0) is 24.6 Å². The molecule has 4 nitrogen and oxygen atoms in total. The van der Waals surface area contributed by atoms with Crippen LogP contribution in [0, 0.1) is 12.7 Å². The average Bonchev–Trinajstić information content (AvgIpc) is 2.38. The Labute approximate surface area is 114 Å². The SMILES string of the molecule is Cc1ccc(C(=O)N2CCSCC2C(=O)O)c(F)c1. The summed E-state index contributed by atoms with van der Waals surface area (Å²) in [5.41, 5.74) is 0.654. The molecule has 1 heterocycles. The van der Waals surface area contributed by atoms with Crippen LogP contribution in [0.2, 0.25) is 0 Å². The summed E-state index contributed by atoms with van der Waals surface area (Å²) in [6, 6.07) is 3.45. The zero-order valence-electron chi connectivity index (χ0n) is 10.4. The van der Waals surface area contributed by atoms with Gasteiger partial charge in [0.15, 0.2) is 0 Å². The van der Waals surface area contributed by atoms with Gasteiger partial charge in [-0.15, -0.1) is 0 Å². The van der Waals surface area contributed by atoms with Gasteiger partial charge in [-0.3, -0.25) is 4.79 Å². The summed E-state index contributed by atoms with van der Waals surface area (Å²) in [6.45, 7) is 2.06. The third-order valence-corrected chi connectivity index (χ3v) is 4.05. The maximum absolute atomic E-state index is 13.8. The Kier molecular flexibility index (Phi) is 4.09. The van der Waals surface area contributed by atoms with Crippen molar-refractivity contribution in [2.45, 2.75) is 13.0 Å². The van der Waals surface area contributed by atoms with E-state index in [0.717, 1.165) is 5.56 Å². The van der Waals surface area contributed by atoms with Gasteiger partial charge in [0, 0.05) is 18.1 Å². The third-order valence-electron chi connectivity index (χ3n) is 3.03. The largest absolute Gasteiger partial charge is 0.480 e. The van der Waals surface area contributed by atoms with E-state index in [-0.39, 0.29) is 5.56 Å². The molecule has 1 aliphatic rings. The van der Waals surface area contributed by atoms with Crippen molar-refractivity contribution < 1.29 is 19.1 Å². The summed E-state index contributed by atoms with van der Waals surface area (Å²) < 4.78 is 13.8. The van der Waals surface area contributed by atoms with Crippen LogP contribution in [-0.2, 0) is 4.79 Å². The quantitative estimate of drug-likeness (QED) is 0.899. The second-order valence-electron chi connectivity index (χ2n) is 4.41. The highest BCUT2D eigenvalue weighted by Crippen LogP contribution is 2.21. The number of thioether (sulfide) groups is 1. The molecule has 0 spiro atoms. The standard InChI is InChI=1S/C13H14FNO3S/c1-8-2-3-9(10(14)6-8)12(16)15-4-5-19-7-11(15)13(17)18/h2-3,6,11H,4-5,7H2,1H3,(H,17,18). The van der Waals surface area contributed by atoms with Crippen molar-refractivity contribution in [3.8, 4) is 0 Å². The molecular formula is C13H14FNO3S. The molecule has 2 rings (SSSR count). The highest BCUT2D eigenvalue weighted by atomic mass is 32.2. The van der Waals surface area contributed by atoms with Crippen molar-refractivity contribution in [1.82, 2.24) is 4.90 Å². The van der Waals surface area contributed by atoms with E-state index in [1.165, 1.54) is 28.8 Å². The zero-order chi connectivity index (χ0) is 14.0. The molecule has 0 radical (unpaired) electrons. The minimum Gasteiger partial charge on any atom is -0.480 e. The molecule has 1 saturated heterocycles. The summed E-state index contributed by atoms with van der Waals surface area (Å²) in [5, 5.41) is 9.12. The van der Waals surface area contributed by atoms with E-state index in [1.54, 1.807) is 13.0 Å². The van der Waals surface area contributed by atoms with Gasteiger partial charge >= 0.3 is 5.97 Å². The Morgan fingerprint density at radius 2 is 2.21 bits per heavy atom. The molecule has 0 bridgehead atoms. The number of aliphatic carboxylic acids is 1. The molecule has 1 aromatic rings. The molecule has 1 fully saturated rings. The number of hydrogen-bond donors (Lipinski definition) is 1. The fourth-order valence-electron chi connectivity index (χ4n) is 2.00. The number of carbonyl (C=O) groups excluding carboxylic acids is 1. The van der Waals surface area contributed by atoms with Crippen molar-refractivity contribution >= 4 is 23.6 Å². The zero-order valence-corrected chi connectivity index (χ0v) is 11.2. The lowest BCUT2D eigenvalue weighted by molar-refractivity contribution is -0.141. The highest BCUT2D eigenvalue weighted by molar-refractivity contribution is 7.99. The molecule has 1 unspecified atom stereocenters. The number of halogens is 1. The van der Waals surface area contributed by atoms with Gasteiger partial charge in [0.05, 0.1) is 5.56 Å². The minimum atomic E-state index is -1.05. The normalized spacial score (nSPS) is 19.3. The molecular weight excluding hydrogens is 269 g/mol. The van der Waals surface area contributed by atoms with Gasteiger partial charge in [0.2, 0.25) is 0 Å². The van der Waals surface area contributed by atoms with Gasteiger partial charge in [-0.25, -0.2) is 9.18 Å². The van der Waals surface area contributed by atoms with Crippen LogP contribution in [0.1, 0.15) is 15.9 Å². The monoisotopic (exact) mass is 283 g/mol. The first-order valence-corrected chi connectivity index (χ1v) is 7.04. The molecule has 102 valence electrons. The lowest BCUT2D eigenvalue weighted by Gasteiger charge is -2.32. The molecule has 1 atom stereocenters. The number of carboxylic acid groups (broad SMARTS) is 1. The number of rotatable bonds is 2. The summed E-state index contributed by atoms with van der Waals surface area (Å²) in [4.78, 5) is 24.6. The van der Waals surface area contributed by atoms with E-state index in [9.17, 15) is 14.0 Å². The van der Waals surface area contributed by atoms with Crippen molar-refractivity contribution in [2.24, 2.45) is 0 Å². The topological polar surface area (TPSA) is 57.6 Å². The van der Waals surface area contributed by atoms with Gasteiger partial charge in [0.25, 0.3) is 5.91 Å². The number of carbonyl (C=O) groups is 2. The van der Waals surface area contributed by atoms with Crippen molar-refractivity contribution in [3.05, 3.63) is 35.1 Å². The van der Waals surface area contributed by atoms with Gasteiger partial charge < -0.3 is 10.0 Å². The Balaban J connectivity index is 2.28. The van der Waals surface area contributed by atoms with Gasteiger partial charge in [-0.2, -0.15) is 11.8 Å². The number of hydrogen-bond acceptors (Lipinski definition) is 3. The average molecular weight is 283 g/mol.